The molecule has 0 radical (unpaired) electrons. The summed E-state index contributed by atoms with van der Waals surface area (Å²) in [6, 6.07) is 20.6. The third kappa shape index (κ3) is 4.55. The van der Waals surface area contributed by atoms with Crippen LogP contribution >= 0.6 is 0 Å². The van der Waals surface area contributed by atoms with Crippen molar-refractivity contribution in [2.75, 3.05) is 23.7 Å². The van der Waals surface area contributed by atoms with Gasteiger partial charge in [0.25, 0.3) is 5.91 Å². The molecule has 148 valence electrons. The second-order valence-electron chi connectivity index (χ2n) is 7.17. The Labute approximate surface area is 169 Å². The van der Waals surface area contributed by atoms with Gasteiger partial charge in [0.2, 0.25) is 5.91 Å². The van der Waals surface area contributed by atoms with E-state index in [0.717, 1.165) is 25.1 Å². The standard InChI is InChI=1S/C23H24N4O2/c28-22(16-27-15-7-13-21(27)20-12-6-14-24-20)26-19-11-5-4-10-18(19)23(29)25-17-8-2-1-3-9-17/h1-6,8-12,14,21,24H,7,13,15-16H2,(H,25,29)(H,26,28). The average Bonchev–Trinajstić information content (AvgIpc) is 3.40. The minimum Gasteiger partial charge on any atom is -0.364 e. The smallest absolute Gasteiger partial charge is 0.257 e. The highest BCUT2D eigenvalue weighted by Gasteiger charge is 2.28. The van der Waals surface area contributed by atoms with Crippen LogP contribution in [0.2, 0.25) is 0 Å². The minimum absolute atomic E-state index is 0.122. The van der Waals surface area contributed by atoms with Crippen molar-refractivity contribution < 1.29 is 9.59 Å². The molecular formula is C23H24N4O2. The number of rotatable bonds is 6. The largest absolute Gasteiger partial charge is 0.364 e. The summed E-state index contributed by atoms with van der Waals surface area (Å²) in [7, 11) is 0. The molecule has 0 spiro atoms. The van der Waals surface area contributed by atoms with Gasteiger partial charge in [0.1, 0.15) is 0 Å². The van der Waals surface area contributed by atoms with Gasteiger partial charge >= 0.3 is 0 Å². The molecule has 29 heavy (non-hydrogen) atoms. The maximum absolute atomic E-state index is 12.7. The van der Waals surface area contributed by atoms with E-state index in [9.17, 15) is 9.59 Å². The number of nitrogens with zero attached hydrogens (tertiary/aromatic N) is 1. The highest BCUT2D eigenvalue weighted by Crippen LogP contribution is 2.30. The summed E-state index contributed by atoms with van der Waals surface area (Å²) in [5, 5.41) is 5.78. The van der Waals surface area contributed by atoms with Gasteiger partial charge in [-0.1, -0.05) is 30.3 Å². The molecular weight excluding hydrogens is 364 g/mol. The first-order valence-corrected chi connectivity index (χ1v) is 9.83. The molecule has 0 aliphatic carbocycles. The molecule has 1 unspecified atom stereocenters. The van der Waals surface area contributed by atoms with Crippen molar-refractivity contribution in [2.45, 2.75) is 18.9 Å². The predicted molar refractivity (Wildman–Crippen MR) is 114 cm³/mol. The Kier molecular flexibility index (Phi) is 5.72. The zero-order valence-electron chi connectivity index (χ0n) is 16.1. The molecule has 1 fully saturated rings. The zero-order valence-corrected chi connectivity index (χ0v) is 16.1. The molecule has 1 atom stereocenters. The molecule has 1 aliphatic heterocycles. The van der Waals surface area contributed by atoms with Crippen LogP contribution in [0.4, 0.5) is 11.4 Å². The second-order valence-corrected chi connectivity index (χ2v) is 7.17. The van der Waals surface area contributed by atoms with E-state index in [1.807, 2.05) is 48.7 Å². The number of aromatic nitrogens is 1. The molecule has 3 N–H and O–H groups in total. The monoisotopic (exact) mass is 388 g/mol. The van der Waals surface area contributed by atoms with Crippen LogP contribution in [0.1, 0.15) is 34.9 Å². The fraction of sp³-hybridized carbons (Fsp3) is 0.217. The fourth-order valence-corrected chi connectivity index (χ4v) is 3.80. The molecule has 3 aromatic rings. The van der Waals surface area contributed by atoms with Gasteiger partial charge in [-0.3, -0.25) is 14.5 Å². The zero-order chi connectivity index (χ0) is 20.1. The number of benzene rings is 2. The molecule has 0 bridgehead atoms. The Hall–Kier alpha value is -3.38. The molecule has 0 saturated carbocycles. The summed E-state index contributed by atoms with van der Waals surface area (Å²) in [6.07, 6.45) is 4.00. The number of hydrogen-bond donors (Lipinski definition) is 3. The molecule has 2 amide bonds. The summed E-state index contributed by atoms with van der Waals surface area (Å²) in [4.78, 5) is 30.8. The Morgan fingerprint density at radius 2 is 1.76 bits per heavy atom. The Morgan fingerprint density at radius 3 is 2.55 bits per heavy atom. The van der Waals surface area contributed by atoms with Crippen LogP contribution in [0, 0.1) is 0 Å². The van der Waals surface area contributed by atoms with Crippen molar-refractivity contribution in [3.05, 3.63) is 84.2 Å². The number of amides is 2. The maximum Gasteiger partial charge on any atom is 0.257 e. The summed E-state index contributed by atoms with van der Waals surface area (Å²) >= 11 is 0. The lowest BCUT2D eigenvalue weighted by Crippen LogP contribution is -2.33. The maximum atomic E-state index is 12.7. The predicted octanol–water partition coefficient (Wildman–Crippen LogP) is 4.04. The lowest BCUT2D eigenvalue weighted by molar-refractivity contribution is -0.117. The number of likely N-dealkylation sites (tertiary alicyclic amines) is 1. The van der Waals surface area contributed by atoms with Gasteiger partial charge in [0.15, 0.2) is 0 Å². The summed E-state index contributed by atoms with van der Waals surface area (Å²) in [5.74, 6) is -0.374. The third-order valence-electron chi connectivity index (χ3n) is 5.17. The number of anilines is 2. The molecule has 2 heterocycles. The number of hydrogen-bond acceptors (Lipinski definition) is 3. The van der Waals surface area contributed by atoms with Crippen molar-refractivity contribution in [2.24, 2.45) is 0 Å². The Morgan fingerprint density at radius 1 is 0.966 bits per heavy atom. The number of H-pyrrole nitrogens is 1. The van der Waals surface area contributed by atoms with Crippen LogP contribution in [-0.2, 0) is 4.79 Å². The minimum atomic E-state index is -0.252. The summed E-state index contributed by atoms with van der Waals surface area (Å²) < 4.78 is 0. The molecule has 1 aromatic heterocycles. The van der Waals surface area contributed by atoms with Crippen LogP contribution in [0.25, 0.3) is 0 Å². The van der Waals surface area contributed by atoms with Gasteiger partial charge in [-0.2, -0.15) is 0 Å². The average molecular weight is 388 g/mol. The van der Waals surface area contributed by atoms with Gasteiger partial charge < -0.3 is 15.6 Å². The lowest BCUT2D eigenvalue weighted by Gasteiger charge is -2.23. The van der Waals surface area contributed by atoms with Crippen molar-refractivity contribution in [1.29, 1.82) is 0 Å². The first-order valence-electron chi connectivity index (χ1n) is 9.83. The normalized spacial score (nSPS) is 16.5. The number of carbonyl (C=O) groups is 2. The van der Waals surface area contributed by atoms with Crippen molar-refractivity contribution in [3.8, 4) is 0 Å². The quantitative estimate of drug-likeness (QED) is 0.596. The van der Waals surface area contributed by atoms with Crippen molar-refractivity contribution in [3.63, 3.8) is 0 Å². The molecule has 1 saturated heterocycles. The van der Waals surface area contributed by atoms with E-state index < -0.39 is 0 Å². The second kappa shape index (κ2) is 8.75. The van der Waals surface area contributed by atoms with E-state index in [1.54, 1.807) is 18.2 Å². The summed E-state index contributed by atoms with van der Waals surface area (Å²) in [5.41, 5.74) is 2.80. The molecule has 6 nitrogen and oxygen atoms in total. The van der Waals surface area contributed by atoms with E-state index in [1.165, 1.54) is 0 Å². The first-order chi connectivity index (χ1) is 14.2. The van der Waals surface area contributed by atoms with Gasteiger partial charge in [-0.05, 0) is 55.8 Å². The topological polar surface area (TPSA) is 77.2 Å². The highest BCUT2D eigenvalue weighted by molar-refractivity contribution is 6.10. The molecule has 4 rings (SSSR count). The van der Waals surface area contributed by atoms with Crippen LogP contribution in [0.15, 0.2) is 72.9 Å². The lowest BCUT2D eigenvalue weighted by atomic mass is 10.1. The molecule has 1 aliphatic rings. The number of nitrogens with one attached hydrogen (secondary N) is 3. The third-order valence-corrected chi connectivity index (χ3v) is 5.17. The van der Waals surface area contributed by atoms with E-state index in [0.29, 0.717) is 23.5 Å². The Balaban J connectivity index is 1.43. The van der Waals surface area contributed by atoms with E-state index in [-0.39, 0.29) is 17.9 Å². The Bertz CT molecular complexity index is 970. The van der Waals surface area contributed by atoms with Crippen LogP contribution < -0.4 is 10.6 Å². The SMILES string of the molecule is O=C(CN1CCCC1c1ccc[nH]1)Nc1ccccc1C(=O)Nc1ccccc1. The number of aromatic amines is 1. The van der Waals surface area contributed by atoms with Gasteiger partial charge in [-0.25, -0.2) is 0 Å². The van der Waals surface area contributed by atoms with Gasteiger partial charge in [-0.15, -0.1) is 0 Å². The van der Waals surface area contributed by atoms with E-state index in [4.69, 9.17) is 0 Å². The van der Waals surface area contributed by atoms with Crippen LogP contribution in [0.3, 0.4) is 0 Å². The van der Waals surface area contributed by atoms with Crippen LogP contribution in [0.5, 0.6) is 0 Å². The highest BCUT2D eigenvalue weighted by atomic mass is 16.2. The van der Waals surface area contributed by atoms with E-state index >= 15 is 0 Å². The fourth-order valence-electron chi connectivity index (χ4n) is 3.80. The summed E-state index contributed by atoms with van der Waals surface area (Å²) in [6.45, 7) is 1.17. The van der Waals surface area contributed by atoms with E-state index in [2.05, 4.69) is 26.6 Å². The molecule has 2 aromatic carbocycles. The van der Waals surface area contributed by atoms with Crippen molar-refractivity contribution in [1.82, 2.24) is 9.88 Å². The first kappa shape index (κ1) is 19.0. The van der Waals surface area contributed by atoms with Gasteiger partial charge in [0, 0.05) is 17.6 Å². The number of para-hydroxylation sites is 2. The van der Waals surface area contributed by atoms with Crippen molar-refractivity contribution >= 4 is 23.2 Å². The van der Waals surface area contributed by atoms with Crippen LogP contribution in [-0.4, -0.2) is 34.8 Å². The number of carbonyl (C=O) groups excluding carboxylic acids is 2. The molecule has 6 heteroatoms. The van der Waals surface area contributed by atoms with Gasteiger partial charge in [0.05, 0.1) is 23.8 Å².